The van der Waals surface area contributed by atoms with Gasteiger partial charge in [0.2, 0.25) is 11.0 Å². The summed E-state index contributed by atoms with van der Waals surface area (Å²) in [5, 5.41) is 22.4. The van der Waals surface area contributed by atoms with Gasteiger partial charge in [-0.2, -0.15) is 0 Å². The molecule has 1 atom stereocenters. The largest absolute Gasteiger partial charge is 0.371 e. The summed E-state index contributed by atoms with van der Waals surface area (Å²) >= 11 is 1.21. The Labute approximate surface area is 145 Å². The highest BCUT2D eigenvalue weighted by Gasteiger charge is 2.23. The molecule has 0 aliphatic carbocycles. The number of hydrogen-bond acceptors (Lipinski definition) is 8. The van der Waals surface area contributed by atoms with Crippen LogP contribution < -0.4 is 10.9 Å². The lowest BCUT2D eigenvalue weighted by Crippen LogP contribution is -2.29. The average molecular weight is 365 g/mol. The van der Waals surface area contributed by atoms with Gasteiger partial charge in [-0.05, 0) is 19.8 Å². The third-order valence-corrected chi connectivity index (χ3v) is 4.75. The van der Waals surface area contributed by atoms with Crippen LogP contribution in [0.15, 0.2) is 16.9 Å². The van der Waals surface area contributed by atoms with Crippen LogP contribution in [0.25, 0.3) is 0 Å². The number of anilines is 1. The molecule has 0 saturated carbocycles. The number of rotatable bonds is 5. The van der Waals surface area contributed by atoms with Crippen molar-refractivity contribution in [3.05, 3.63) is 43.3 Å². The van der Waals surface area contributed by atoms with Crippen molar-refractivity contribution in [2.24, 2.45) is 0 Å². The predicted molar refractivity (Wildman–Crippen MR) is 88.6 cm³/mol. The molecule has 3 rings (SSSR count). The smallest absolute Gasteiger partial charge is 0.288 e. The second kappa shape index (κ2) is 7.07. The number of carbonyl (C=O) groups excluding carboxylic acids is 1. The molecular formula is C14H15N5O5S. The van der Waals surface area contributed by atoms with E-state index in [0.29, 0.717) is 16.7 Å². The fraction of sp³-hybridized carbons (Fsp3) is 0.429. The lowest BCUT2D eigenvalue weighted by molar-refractivity contribution is -0.386. The number of amides is 1. The van der Waals surface area contributed by atoms with Crippen molar-refractivity contribution in [2.75, 3.05) is 11.9 Å². The molecule has 1 aliphatic rings. The first-order chi connectivity index (χ1) is 12.0. The van der Waals surface area contributed by atoms with Crippen molar-refractivity contribution >= 4 is 28.1 Å². The van der Waals surface area contributed by atoms with E-state index in [0.717, 1.165) is 29.5 Å². The zero-order valence-electron chi connectivity index (χ0n) is 13.3. The van der Waals surface area contributed by atoms with Gasteiger partial charge in [-0.25, -0.2) is 0 Å². The van der Waals surface area contributed by atoms with Crippen LogP contribution in [-0.2, 0) is 16.1 Å². The van der Waals surface area contributed by atoms with E-state index < -0.39 is 16.4 Å². The third kappa shape index (κ3) is 3.72. The highest BCUT2D eigenvalue weighted by atomic mass is 32.1. The molecule has 1 amide bonds. The van der Waals surface area contributed by atoms with Gasteiger partial charge in [-0.1, -0.05) is 11.3 Å². The van der Waals surface area contributed by atoms with Gasteiger partial charge in [0.15, 0.2) is 0 Å². The minimum absolute atomic E-state index is 0.0928. The summed E-state index contributed by atoms with van der Waals surface area (Å²) in [5.74, 6) is -0.513. The number of hydrogen-bond donors (Lipinski definition) is 1. The van der Waals surface area contributed by atoms with E-state index in [1.54, 1.807) is 0 Å². The number of nitrogens with zero attached hydrogens (tertiary/aromatic N) is 4. The van der Waals surface area contributed by atoms with Gasteiger partial charge in [0.05, 0.1) is 10.6 Å². The molecule has 0 radical (unpaired) electrons. The summed E-state index contributed by atoms with van der Waals surface area (Å²) in [4.78, 5) is 34.4. The molecule has 11 heteroatoms. The molecule has 0 spiro atoms. The van der Waals surface area contributed by atoms with Crippen molar-refractivity contribution in [3.8, 4) is 0 Å². The van der Waals surface area contributed by atoms with Gasteiger partial charge >= 0.3 is 0 Å². The molecule has 1 N–H and O–H groups in total. The van der Waals surface area contributed by atoms with Gasteiger partial charge in [-0.15, -0.1) is 10.2 Å². The van der Waals surface area contributed by atoms with Crippen LogP contribution in [-0.4, -0.2) is 32.2 Å². The monoisotopic (exact) mass is 365 g/mol. The summed E-state index contributed by atoms with van der Waals surface area (Å²) in [6.07, 6.45) is 1.73. The lowest BCUT2D eigenvalue weighted by atomic mass is 10.2. The van der Waals surface area contributed by atoms with Gasteiger partial charge in [-0.3, -0.25) is 29.6 Å². The number of nitro groups is 1. The topological polar surface area (TPSA) is 129 Å². The van der Waals surface area contributed by atoms with E-state index in [2.05, 4.69) is 15.5 Å². The van der Waals surface area contributed by atoms with E-state index in [1.165, 1.54) is 18.3 Å². The zero-order chi connectivity index (χ0) is 18.0. The molecule has 1 unspecified atom stereocenters. The maximum atomic E-state index is 12.2. The molecule has 1 fully saturated rings. The molecule has 1 aliphatic heterocycles. The number of pyridine rings is 1. The van der Waals surface area contributed by atoms with E-state index in [-0.39, 0.29) is 24.0 Å². The fourth-order valence-electron chi connectivity index (χ4n) is 2.54. The number of carbonyl (C=O) groups is 1. The third-order valence-electron chi connectivity index (χ3n) is 3.82. The second-order valence-electron chi connectivity index (χ2n) is 5.48. The molecule has 0 aromatic carbocycles. The van der Waals surface area contributed by atoms with E-state index in [9.17, 15) is 19.7 Å². The molecule has 2 aromatic heterocycles. The van der Waals surface area contributed by atoms with Gasteiger partial charge < -0.3 is 4.74 Å². The summed E-state index contributed by atoms with van der Waals surface area (Å²) in [5.41, 5.74) is -0.593. The molecular weight excluding hydrogens is 350 g/mol. The number of ether oxygens (including phenoxy) is 1. The first-order valence-electron chi connectivity index (χ1n) is 7.55. The quantitative estimate of drug-likeness (QED) is 0.626. The van der Waals surface area contributed by atoms with Crippen LogP contribution in [0, 0.1) is 17.0 Å². The van der Waals surface area contributed by atoms with Crippen LogP contribution in [0.2, 0.25) is 0 Å². The Kier molecular flexibility index (Phi) is 4.86. The Morgan fingerprint density at radius 1 is 1.52 bits per heavy atom. The van der Waals surface area contributed by atoms with Crippen molar-refractivity contribution in [1.82, 2.24) is 14.8 Å². The van der Waals surface area contributed by atoms with Crippen LogP contribution >= 0.6 is 11.3 Å². The molecule has 0 bridgehead atoms. The average Bonchev–Trinajstić information content (AvgIpc) is 3.22. The fourth-order valence-corrected chi connectivity index (χ4v) is 3.39. The maximum Gasteiger partial charge on any atom is 0.288 e. The minimum Gasteiger partial charge on any atom is -0.371 e. The summed E-state index contributed by atoms with van der Waals surface area (Å²) < 4.78 is 6.56. The van der Waals surface area contributed by atoms with Crippen molar-refractivity contribution in [1.29, 1.82) is 0 Å². The highest BCUT2D eigenvalue weighted by Crippen LogP contribution is 2.31. The summed E-state index contributed by atoms with van der Waals surface area (Å²) in [7, 11) is 0. The predicted octanol–water partition coefficient (Wildman–Crippen LogP) is 1.41. The molecule has 1 saturated heterocycles. The van der Waals surface area contributed by atoms with Crippen LogP contribution in [0.3, 0.4) is 0 Å². The first kappa shape index (κ1) is 17.2. The van der Waals surface area contributed by atoms with E-state index in [1.807, 2.05) is 0 Å². The van der Waals surface area contributed by atoms with Crippen LogP contribution in [0.4, 0.5) is 10.8 Å². The molecule has 10 nitrogen and oxygen atoms in total. The normalized spacial score (nSPS) is 16.8. The first-order valence-corrected chi connectivity index (χ1v) is 8.37. The Morgan fingerprint density at radius 2 is 2.32 bits per heavy atom. The van der Waals surface area contributed by atoms with Crippen LogP contribution in [0.5, 0.6) is 0 Å². The van der Waals surface area contributed by atoms with Gasteiger partial charge in [0.1, 0.15) is 17.7 Å². The van der Waals surface area contributed by atoms with Crippen molar-refractivity contribution in [2.45, 2.75) is 32.4 Å². The lowest BCUT2D eigenvalue weighted by Gasteiger charge is -2.09. The van der Waals surface area contributed by atoms with Crippen molar-refractivity contribution < 1.29 is 14.5 Å². The van der Waals surface area contributed by atoms with E-state index >= 15 is 0 Å². The number of nitrogens with one attached hydrogen (secondary N) is 1. The van der Waals surface area contributed by atoms with E-state index in [4.69, 9.17) is 4.74 Å². The molecule has 2 aromatic rings. The van der Waals surface area contributed by atoms with Gasteiger partial charge in [0.25, 0.3) is 11.2 Å². The highest BCUT2D eigenvalue weighted by molar-refractivity contribution is 7.15. The standard InChI is InChI=1S/C14H15N5O5S/c1-8-9(19(22)23)4-5-12(21)18(8)7-11(20)15-14-17-16-13(25-14)10-3-2-6-24-10/h4-5,10H,2-3,6-7H2,1H3,(H,15,17,20). The Morgan fingerprint density at radius 3 is 3.00 bits per heavy atom. The van der Waals surface area contributed by atoms with Crippen LogP contribution in [0.1, 0.15) is 29.6 Å². The summed E-state index contributed by atoms with van der Waals surface area (Å²) in [6.45, 7) is 1.76. The summed E-state index contributed by atoms with van der Waals surface area (Å²) in [6, 6.07) is 2.20. The minimum atomic E-state index is -0.595. The Bertz CT molecular complexity index is 871. The Balaban J connectivity index is 1.72. The Hall–Kier alpha value is -2.66. The molecule has 25 heavy (non-hydrogen) atoms. The van der Waals surface area contributed by atoms with Gasteiger partial charge in [0, 0.05) is 18.7 Å². The molecule has 132 valence electrons. The second-order valence-corrected chi connectivity index (χ2v) is 6.49. The van der Waals surface area contributed by atoms with Crippen molar-refractivity contribution in [3.63, 3.8) is 0 Å². The SMILES string of the molecule is Cc1c([N+](=O)[O-])ccc(=O)n1CC(=O)Nc1nnc(C2CCCO2)s1. The zero-order valence-corrected chi connectivity index (χ0v) is 14.1. The molecule has 3 heterocycles. The maximum absolute atomic E-state index is 12.2. The number of aromatic nitrogens is 3.